The number of amides is 2. The number of hydrogen-bond acceptors (Lipinski definition) is 5. The zero-order valence-corrected chi connectivity index (χ0v) is 21.5. The third-order valence-corrected chi connectivity index (χ3v) is 6.03. The van der Waals surface area contributed by atoms with E-state index in [1.807, 2.05) is 0 Å². The summed E-state index contributed by atoms with van der Waals surface area (Å²) < 4.78 is 86.2. The molecular formula is C27H24F6N6O2. The summed E-state index contributed by atoms with van der Waals surface area (Å²) >= 11 is 0. The van der Waals surface area contributed by atoms with Gasteiger partial charge in [0.2, 0.25) is 0 Å². The number of aromatic nitrogens is 4. The molecule has 41 heavy (non-hydrogen) atoms. The number of ether oxygens (including phenoxy) is 1. The second kappa shape index (κ2) is 12.3. The van der Waals surface area contributed by atoms with E-state index in [9.17, 15) is 31.1 Å². The molecule has 0 radical (unpaired) electrons. The smallest absolute Gasteiger partial charge is 0.428 e. The Morgan fingerprint density at radius 3 is 2.32 bits per heavy atom. The second-order valence-electron chi connectivity index (χ2n) is 9.04. The van der Waals surface area contributed by atoms with Gasteiger partial charge in [-0.05, 0) is 46.2 Å². The van der Waals surface area contributed by atoms with E-state index in [0.717, 1.165) is 24.3 Å². The number of tetrazole rings is 1. The van der Waals surface area contributed by atoms with Crippen LogP contribution in [0.5, 0.6) is 5.75 Å². The highest BCUT2D eigenvalue weighted by Gasteiger charge is 2.45. The summed E-state index contributed by atoms with van der Waals surface area (Å²) in [5.41, 5.74) is -0.987. The number of aryl methyl sites for hydroxylation is 1. The number of carbonyl (C=O) groups excluding carboxylic acids is 1. The molecule has 0 saturated heterocycles. The molecule has 2 amide bonds. The van der Waals surface area contributed by atoms with Crippen LogP contribution in [0.25, 0.3) is 0 Å². The van der Waals surface area contributed by atoms with Crippen molar-refractivity contribution in [2.45, 2.75) is 30.9 Å². The predicted molar refractivity (Wildman–Crippen MR) is 134 cm³/mol. The normalized spacial score (nSPS) is 13.1. The van der Waals surface area contributed by atoms with Crippen molar-refractivity contribution < 1.29 is 35.9 Å². The largest absolute Gasteiger partial charge is 0.461 e. The molecule has 4 aromatic rings. The number of nitrogens with one attached hydrogen (secondary N) is 2. The number of nitrogens with zero attached hydrogens (tertiary/aromatic N) is 4. The molecule has 216 valence electrons. The fourth-order valence-electron chi connectivity index (χ4n) is 4.21. The summed E-state index contributed by atoms with van der Waals surface area (Å²) in [6, 6.07) is 15.1. The highest BCUT2D eigenvalue weighted by Crippen LogP contribution is 2.37. The molecule has 8 nitrogen and oxygen atoms in total. The van der Waals surface area contributed by atoms with Crippen molar-refractivity contribution in [3.8, 4) is 5.75 Å². The van der Waals surface area contributed by atoms with Crippen molar-refractivity contribution in [3.63, 3.8) is 0 Å². The van der Waals surface area contributed by atoms with Gasteiger partial charge in [0.25, 0.3) is 0 Å². The van der Waals surface area contributed by atoms with Crippen LogP contribution in [0.15, 0.2) is 72.8 Å². The maximum atomic E-state index is 14.9. The summed E-state index contributed by atoms with van der Waals surface area (Å²) in [5.74, 6) is -2.25. The maximum absolute atomic E-state index is 14.9. The topological polar surface area (TPSA) is 94.0 Å². The van der Waals surface area contributed by atoms with Crippen LogP contribution in [0, 0.1) is 11.6 Å². The molecule has 0 aliphatic rings. The van der Waals surface area contributed by atoms with E-state index in [1.54, 1.807) is 37.4 Å². The summed E-state index contributed by atoms with van der Waals surface area (Å²) in [6.07, 6.45) is -8.97. The molecule has 0 bridgehead atoms. The summed E-state index contributed by atoms with van der Waals surface area (Å²) in [5, 5.41) is 17.0. The van der Waals surface area contributed by atoms with Crippen molar-refractivity contribution in [1.29, 1.82) is 0 Å². The Balaban J connectivity index is 1.78. The van der Waals surface area contributed by atoms with Crippen LogP contribution >= 0.6 is 0 Å². The molecule has 0 unspecified atom stereocenters. The van der Waals surface area contributed by atoms with E-state index in [-0.39, 0.29) is 30.5 Å². The number of alkyl halides is 4. The van der Waals surface area contributed by atoms with Crippen molar-refractivity contribution in [3.05, 3.63) is 107 Å². The minimum Gasteiger partial charge on any atom is -0.428 e. The Bertz CT molecular complexity index is 1470. The maximum Gasteiger partial charge on any atom is 0.461 e. The molecule has 14 heteroatoms. The van der Waals surface area contributed by atoms with Gasteiger partial charge in [-0.1, -0.05) is 42.5 Å². The van der Waals surface area contributed by atoms with E-state index in [4.69, 9.17) is 0 Å². The number of benzene rings is 3. The lowest BCUT2D eigenvalue weighted by atomic mass is 9.77. The zero-order chi connectivity index (χ0) is 29.6. The van der Waals surface area contributed by atoms with Crippen LogP contribution in [0.2, 0.25) is 0 Å². The first-order valence-corrected chi connectivity index (χ1v) is 12.2. The molecular weight excluding hydrogens is 554 g/mol. The van der Waals surface area contributed by atoms with Gasteiger partial charge >= 0.3 is 18.6 Å². The van der Waals surface area contributed by atoms with Gasteiger partial charge in [0, 0.05) is 25.5 Å². The van der Waals surface area contributed by atoms with Gasteiger partial charge in [-0.3, -0.25) is 0 Å². The molecule has 1 atom stereocenters. The Labute approximate surface area is 230 Å². The van der Waals surface area contributed by atoms with E-state index in [1.165, 1.54) is 16.9 Å². The standard InChI is InChI=1S/C27H24F6N6O2/c1-39-37-23(36-38-39)11-12-34-25(40)35-26(16-17-5-3-2-4-6-17,18-7-9-20(28)10-8-18)19-13-21(29)15-22(14-19)41-27(32,33)24(30)31/h2-10,13-15,24H,11-12,16H2,1H3,(H2,34,35,40)/t26-/m1/s1. The van der Waals surface area contributed by atoms with Crippen LogP contribution in [-0.4, -0.2) is 45.3 Å². The quantitative estimate of drug-likeness (QED) is 0.251. The number of halogens is 6. The highest BCUT2D eigenvalue weighted by molar-refractivity contribution is 5.76. The lowest BCUT2D eigenvalue weighted by Crippen LogP contribution is -2.52. The molecule has 0 saturated carbocycles. The summed E-state index contributed by atoms with van der Waals surface area (Å²) in [6.45, 7) is 0.0560. The van der Waals surface area contributed by atoms with Crippen molar-refractivity contribution >= 4 is 6.03 Å². The zero-order valence-electron chi connectivity index (χ0n) is 21.5. The average molecular weight is 579 g/mol. The van der Waals surface area contributed by atoms with Gasteiger partial charge in [0.05, 0.1) is 12.6 Å². The van der Waals surface area contributed by atoms with Crippen LogP contribution in [0.3, 0.4) is 0 Å². The predicted octanol–water partition coefficient (Wildman–Crippen LogP) is 4.75. The number of hydrogen-bond donors (Lipinski definition) is 2. The summed E-state index contributed by atoms with van der Waals surface area (Å²) in [4.78, 5) is 14.5. The summed E-state index contributed by atoms with van der Waals surface area (Å²) in [7, 11) is 1.57. The molecule has 0 aliphatic heterocycles. The number of rotatable bonds is 11. The fourth-order valence-corrected chi connectivity index (χ4v) is 4.21. The molecule has 2 N–H and O–H groups in total. The van der Waals surface area contributed by atoms with Gasteiger partial charge in [0.15, 0.2) is 5.82 Å². The van der Waals surface area contributed by atoms with Crippen molar-refractivity contribution in [2.75, 3.05) is 6.54 Å². The first-order valence-electron chi connectivity index (χ1n) is 12.2. The Kier molecular flexibility index (Phi) is 8.79. The third kappa shape index (κ3) is 7.32. The van der Waals surface area contributed by atoms with Crippen molar-refractivity contribution in [2.24, 2.45) is 7.05 Å². The lowest BCUT2D eigenvalue weighted by Gasteiger charge is -2.37. The Morgan fingerprint density at radius 1 is 0.976 bits per heavy atom. The van der Waals surface area contributed by atoms with E-state index >= 15 is 0 Å². The molecule has 1 heterocycles. The average Bonchev–Trinajstić information content (AvgIpc) is 3.33. The molecule has 4 rings (SSSR count). The van der Waals surface area contributed by atoms with Gasteiger partial charge in [-0.15, -0.1) is 10.2 Å². The van der Waals surface area contributed by atoms with Gasteiger partial charge in [-0.2, -0.15) is 22.4 Å². The van der Waals surface area contributed by atoms with E-state index in [2.05, 4.69) is 30.8 Å². The SMILES string of the molecule is Cn1nnc(CCNC(=O)N[C@](Cc2ccccc2)(c2ccc(F)cc2)c2cc(F)cc(OC(F)(F)C(F)F)c2)n1. The first kappa shape index (κ1) is 29.4. The molecule has 1 aromatic heterocycles. The van der Waals surface area contributed by atoms with Gasteiger partial charge < -0.3 is 15.4 Å². The Morgan fingerprint density at radius 2 is 1.68 bits per heavy atom. The van der Waals surface area contributed by atoms with Crippen molar-refractivity contribution in [1.82, 2.24) is 30.8 Å². The minimum atomic E-state index is -4.91. The highest BCUT2D eigenvalue weighted by atomic mass is 19.3. The molecule has 0 aliphatic carbocycles. The minimum absolute atomic E-state index is 0.0560. The van der Waals surface area contributed by atoms with E-state index < -0.39 is 41.5 Å². The van der Waals surface area contributed by atoms with Crippen LogP contribution < -0.4 is 15.4 Å². The molecule has 0 spiro atoms. The van der Waals surface area contributed by atoms with Crippen LogP contribution in [0.4, 0.5) is 31.1 Å². The first-order chi connectivity index (χ1) is 19.5. The van der Waals surface area contributed by atoms with Gasteiger partial charge in [-0.25, -0.2) is 13.6 Å². The number of urea groups is 1. The van der Waals surface area contributed by atoms with E-state index in [0.29, 0.717) is 17.5 Å². The Hall–Kier alpha value is -4.62. The lowest BCUT2D eigenvalue weighted by molar-refractivity contribution is -0.253. The van der Waals surface area contributed by atoms with Crippen LogP contribution in [-0.2, 0) is 25.4 Å². The third-order valence-electron chi connectivity index (χ3n) is 6.03. The van der Waals surface area contributed by atoms with Crippen LogP contribution in [0.1, 0.15) is 22.5 Å². The fraction of sp³-hybridized carbons (Fsp3) is 0.259. The second-order valence-corrected chi connectivity index (χ2v) is 9.04. The number of carbonyl (C=O) groups is 1. The monoisotopic (exact) mass is 578 g/mol. The molecule has 0 fully saturated rings. The van der Waals surface area contributed by atoms with Gasteiger partial charge in [0.1, 0.15) is 17.4 Å². The molecule has 3 aromatic carbocycles.